The van der Waals surface area contributed by atoms with E-state index < -0.39 is 17.3 Å². The molecule has 1 N–H and O–H groups in total. The van der Waals surface area contributed by atoms with E-state index in [0.29, 0.717) is 0 Å². The second-order valence-electron chi connectivity index (χ2n) is 4.90. The molecule has 18 heavy (non-hydrogen) atoms. The Morgan fingerprint density at radius 3 is 2.39 bits per heavy atom. The van der Waals surface area contributed by atoms with Gasteiger partial charge in [0, 0.05) is 0 Å². The topological polar surface area (TPSA) is 81.5 Å². The van der Waals surface area contributed by atoms with E-state index in [1.54, 1.807) is 20.8 Å². The van der Waals surface area contributed by atoms with Gasteiger partial charge in [-0.25, -0.2) is 4.98 Å². The summed E-state index contributed by atoms with van der Waals surface area (Å²) in [5.74, 6) is -0.231. The van der Waals surface area contributed by atoms with Crippen LogP contribution in [0.25, 0.3) is 0 Å². The van der Waals surface area contributed by atoms with Crippen molar-refractivity contribution in [3.05, 3.63) is 11.9 Å². The third kappa shape index (κ3) is 2.95. The maximum Gasteiger partial charge on any atom is 0.246 e. The van der Waals surface area contributed by atoms with Gasteiger partial charge in [-0.3, -0.25) is 4.79 Å². The number of methoxy groups -OCH3 is 2. The van der Waals surface area contributed by atoms with Gasteiger partial charge in [-0.15, -0.1) is 0 Å². The molecule has 0 aliphatic heterocycles. The van der Waals surface area contributed by atoms with E-state index in [1.807, 2.05) is 0 Å². The minimum Gasteiger partial charge on any atom is -0.480 e. The van der Waals surface area contributed by atoms with Crippen molar-refractivity contribution in [2.45, 2.75) is 26.9 Å². The van der Waals surface area contributed by atoms with Crippen molar-refractivity contribution in [3.8, 4) is 11.8 Å². The molecule has 1 heterocycles. The van der Waals surface area contributed by atoms with Crippen LogP contribution in [-0.2, 0) is 0 Å². The smallest absolute Gasteiger partial charge is 0.246 e. The SMILES string of the molecule is COc1cnc(C(=O)C(O)C(C)(C)C)c(OC)n1. The highest BCUT2D eigenvalue weighted by Crippen LogP contribution is 2.25. The third-order valence-corrected chi connectivity index (χ3v) is 2.42. The molecule has 0 saturated carbocycles. The van der Waals surface area contributed by atoms with Crippen molar-refractivity contribution in [2.24, 2.45) is 5.41 Å². The van der Waals surface area contributed by atoms with Gasteiger partial charge in [0.1, 0.15) is 6.10 Å². The lowest BCUT2D eigenvalue weighted by Gasteiger charge is -2.24. The van der Waals surface area contributed by atoms with Gasteiger partial charge in [-0.1, -0.05) is 20.8 Å². The molecular weight excluding hydrogens is 236 g/mol. The molecule has 0 fully saturated rings. The van der Waals surface area contributed by atoms with Crippen LogP contribution in [-0.4, -0.2) is 41.2 Å². The highest BCUT2D eigenvalue weighted by Gasteiger charge is 2.33. The van der Waals surface area contributed by atoms with Crippen LogP contribution in [0, 0.1) is 5.41 Å². The number of ketones is 1. The molecule has 100 valence electrons. The number of carbonyl (C=O) groups is 1. The summed E-state index contributed by atoms with van der Waals surface area (Å²) >= 11 is 0. The lowest BCUT2D eigenvalue weighted by Crippen LogP contribution is -2.35. The number of Topliss-reactive ketones (excluding diaryl/α,β-unsaturated/α-hetero) is 1. The number of ether oxygens (including phenoxy) is 2. The standard InChI is InChI=1S/C12H18N2O4/c1-12(2,3)10(16)9(15)8-11(18-5)14-7(17-4)6-13-8/h6,10,16H,1-5H3. The number of aliphatic hydroxyl groups excluding tert-OH is 1. The van der Waals surface area contributed by atoms with Gasteiger partial charge >= 0.3 is 0 Å². The van der Waals surface area contributed by atoms with Gasteiger partial charge in [-0.05, 0) is 5.41 Å². The van der Waals surface area contributed by atoms with Gasteiger partial charge in [0.15, 0.2) is 5.69 Å². The average molecular weight is 254 g/mol. The summed E-state index contributed by atoms with van der Waals surface area (Å²) in [5, 5.41) is 9.95. The van der Waals surface area contributed by atoms with Crippen LogP contribution < -0.4 is 9.47 Å². The number of aromatic nitrogens is 2. The molecule has 6 nitrogen and oxygen atoms in total. The summed E-state index contributed by atoms with van der Waals surface area (Å²) in [6.45, 7) is 5.29. The van der Waals surface area contributed by atoms with E-state index >= 15 is 0 Å². The molecule has 0 aliphatic carbocycles. The minimum absolute atomic E-state index is 0.000671. The first-order valence-corrected chi connectivity index (χ1v) is 5.48. The fourth-order valence-electron chi connectivity index (χ4n) is 1.29. The van der Waals surface area contributed by atoms with Crippen molar-refractivity contribution < 1.29 is 19.4 Å². The zero-order chi connectivity index (χ0) is 13.9. The van der Waals surface area contributed by atoms with Crippen molar-refractivity contribution in [2.75, 3.05) is 14.2 Å². The summed E-state index contributed by atoms with van der Waals surface area (Å²) < 4.78 is 9.88. The lowest BCUT2D eigenvalue weighted by atomic mass is 9.86. The predicted molar refractivity (Wildman–Crippen MR) is 64.9 cm³/mol. The molecule has 1 atom stereocenters. The van der Waals surface area contributed by atoms with Crippen molar-refractivity contribution in [3.63, 3.8) is 0 Å². The van der Waals surface area contributed by atoms with E-state index in [0.717, 1.165) is 0 Å². The van der Waals surface area contributed by atoms with E-state index in [-0.39, 0.29) is 17.5 Å². The van der Waals surface area contributed by atoms with Crippen LogP contribution in [0.5, 0.6) is 11.8 Å². The molecule has 0 radical (unpaired) electrons. The second kappa shape index (κ2) is 5.30. The minimum atomic E-state index is -1.17. The first-order valence-electron chi connectivity index (χ1n) is 5.48. The number of nitrogens with zero attached hydrogens (tertiary/aromatic N) is 2. The Kier molecular flexibility index (Phi) is 4.24. The number of hydrogen-bond donors (Lipinski definition) is 1. The fourth-order valence-corrected chi connectivity index (χ4v) is 1.29. The molecule has 0 aromatic carbocycles. The van der Waals surface area contributed by atoms with Crippen LogP contribution in [0.1, 0.15) is 31.3 Å². The molecule has 0 bridgehead atoms. The van der Waals surface area contributed by atoms with Crippen LogP contribution in [0.15, 0.2) is 6.20 Å². The van der Waals surface area contributed by atoms with Crippen molar-refractivity contribution >= 4 is 5.78 Å². The Morgan fingerprint density at radius 2 is 1.94 bits per heavy atom. The number of hydrogen-bond acceptors (Lipinski definition) is 6. The Bertz CT molecular complexity index is 440. The first kappa shape index (κ1) is 14.4. The van der Waals surface area contributed by atoms with E-state index in [4.69, 9.17) is 9.47 Å². The van der Waals surface area contributed by atoms with E-state index in [9.17, 15) is 9.90 Å². The fraction of sp³-hybridized carbons (Fsp3) is 0.583. The zero-order valence-electron chi connectivity index (χ0n) is 11.2. The van der Waals surface area contributed by atoms with Crippen molar-refractivity contribution in [1.29, 1.82) is 0 Å². The summed E-state index contributed by atoms with van der Waals surface area (Å²) in [4.78, 5) is 20.0. The first-order chi connectivity index (χ1) is 8.31. The van der Waals surface area contributed by atoms with Gasteiger partial charge < -0.3 is 14.6 Å². The molecule has 0 saturated heterocycles. The highest BCUT2D eigenvalue weighted by atomic mass is 16.5. The van der Waals surface area contributed by atoms with Gasteiger partial charge in [0.2, 0.25) is 17.5 Å². The number of carbonyl (C=O) groups excluding carboxylic acids is 1. The monoisotopic (exact) mass is 254 g/mol. The molecule has 6 heteroatoms. The Balaban J connectivity index is 3.13. The average Bonchev–Trinajstić information content (AvgIpc) is 2.35. The molecule has 1 rings (SSSR count). The maximum atomic E-state index is 12.1. The Hall–Kier alpha value is -1.69. The summed E-state index contributed by atoms with van der Waals surface area (Å²) in [5.41, 5.74) is -0.579. The third-order valence-electron chi connectivity index (χ3n) is 2.42. The summed E-state index contributed by atoms with van der Waals surface area (Å²) in [6, 6.07) is 0. The lowest BCUT2D eigenvalue weighted by molar-refractivity contribution is 0.0433. The Labute approximate surface area is 106 Å². The van der Waals surface area contributed by atoms with Crippen LogP contribution >= 0.6 is 0 Å². The maximum absolute atomic E-state index is 12.1. The summed E-state index contributed by atoms with van der Waals surface area (Å²) in [7, 11) is 2.82. The Morgan fingerprint density at radius 1 is 1.33 bits per heavy atom. The molecular formula is C12H18N2O4. The zero-order valence-corrected chi connectivity index (χ0v) is 11.2. The van der Waals surface area contributed by atoms with Crippen LogP contribution in [0.3, 0.4) is 0 Å². The quantitative estimate of drug-likeness (QED) is 0.810. The summed E-state index contributed by atoms with van der Waals surface area (Å²) in [6.07, 6.45) is 0.139. The molecule has 0 aliphatic rings. The predicted octanol–water partition coefficient (Wildman–Crippen LogP) is 1.08. The van der Waals surface area contributed by atoms with Gasteiger partial charge in [0.25, 0.3) is 0 Å². The second-order valence-corrected chi connectivity index (χ2v) is 4.90. The molecule has 1 aromatic heterocycles. The van der Waals surface area contributed by atoms with E-state index in [1.165, 1.54) is 20.4 Å². The number of rotatable bonds is 4. The molecule has 0 spiro atoms. The van der Waals surface area contributed by atoms with Crippen LogP contribution in [0.4, 0.5) is 0 Å². The highest BCUT2D eigenvalue weighted by molar-refractivity contribution is 5.99. The van der Waals surface area contributed by atoms with Gasteiger partial charge in [0.05, 0.1) is 20.4 Å². The normalized spacial score (nSPS) is 13.0. The van der Waals surface area contributed by atoms with E-state index in [2.05, 4.69) is 9.97 Å². The van der Waals surface area contributed by atoms with Gasteiger partial charge in [-0.2, -0.15) is 4.98 Å². The van der Waals surface area contributed by atoms with Crippen LogP contribution in [0.2, 0.25) is 0 Å². The van der Waals surface area contributed by atoms with Crippen molar-refractivity contribution in [1.82, 2.24) is 9.97 Å². The molecule has 0 amide bonds. The molecule has 1 unspecified atom stereocenters. The largest absolute Gasteiger partial charge is 0.480 e. The molecule has 1 aromatic rings. The number of aliphatic hydroxyl groups is 1.